The molecule has 4 N–H and O–H groups in total. The summed E-state index contributed by atoms with van der Waals surface area (Å²) in [5.41, 5.74) is 6.91. The van der Waals surface area contributed by atoms with Crippen LogP contribution in [0.4, 0.5) is 11.4 Å². The molecule has 0 bridgehead atoms. The fourth-order valence-electron chi connectivity index (χ4n) is 2.05. The van der Waals surface area contributed by atoms with Gasteiger partial charge in [0, 0.05) is 22.9 Å². The van der Waals surface area contributed by atoms with Crippen LogP contribution in [0.2, 0.25) is 0 Å². The molecule has 0 heterocycles. The first-order valence-corrected chi connectivity index (χ1v) is 9.09. The molecule has 0 aliphatic rings. The number of allylic oxidation sites excluding steroid dienone is 2. The third-order valence-corrected chi connectivity index (χ3v) is 4.04. The summed E-state index contributed by atoms with van der Waals surface area (Å²) in [7, 11) is 0. The van der Waals surface area contributed by atoms with E-state index in [1.165, 1.54) is 24.6 Å². The topological polar surface area (TPSA) is 91.3 Å². The van der Waals surface area contributed by atoms with Gasteiger partial charge in [-0.15, -0.1) is 11.8 Å². The maximum atomic E-state index is 12.3. The summed E-state index contributed by atoms with van der Waals surface area (Å²) in [6, 6.07) is 16.9. The van der Waals surface area contributed by atoms with E-state index in [9.17, 15) is 4.79 Å². The molecule has 132 valence electrons. The minimum absolute atomic E-state index is 0.206. The Kier molecular flexibility index (Phi) is 7.39. The zero-order valence-corrected chi connectivity index (χ0v) is 15.2. The number of hydrogen-bond donors (Lipinski definition) is 3. The standard InChI is InChI=1S/C20H20N4OS/c1-26-17-9-5-8-16(14-17)23-13-11-19(25)20(22)18(10-12-21)24-15-6-3-2-4-7-15/h2-14,22-23H,21H2,1H3/b12-10?,13-11-,22-20?,24-18?. The molecule has 2 rings (SSSR count). The number of aliphatic imine (C=N–C) groups is 1. The van der Waals surface area contributed by atoms with Gasteiger partial charge in [0.1, 0.15) is 5.71 Å². The van der Waals surface area contributed by atoms with Crippen LogP contribution >= 0.6 is 11.8 Å². The van der Waals surface area contributed by atoms with Crippen molar-refractivity contribution in [3.05, 3.63) is 79.1 Å². The van der Waals surface area contributed by atoms with Gasteiger partial charge in [-0.25, -0.2) is 4.99 Å². The van der Waals surface area contributed by atoms with Crippen LogP contribution in [0.3, 0.4) is 0 Å². The highest BCUT2D eigenvalue weighted by Gasteiger charge is 2.11. The molecule has 6 heteroatoms. The van der Waals surface area contributed by atoms with E-state index in [4.69, 9.17) is 11.1 Å². The van der Waals surface area contributed by atoms with Gasteiger partial charge in [-0.3, -0.25) is 10.2 Å². The molecule has 0 saturated heterocycles. The van der Waals surface area contributed by atoms with Crippen molar-refractivity contribution in [2.24, 2.45) is 10.7 Å². The Balaban J connectivity index is 2.08. The molecule has 5 nitrogen and oxygen atoms in total. The summed E-state index contributed by atoms with van der Waals surface area (Å²) in [6.07, 6.45) is 7.52. The molecular formula is C20H20N4OS. The van der Waals surface area contributed by atoms with Crippen LogP contribution in [-0.2, 0) is 4.79 Å². The predicted octanol–water partition coefficient (Wildman–Crippen LogP) is 4.17. The van der Waals surface area contributed by atoms with Gasteiger partial charge in [-0.1, -0.05) is 24.3 Å². The van der Waals surface area contributed by atoms with Crippen molar-refractivity contribution in [3.8, 4) is 0 Å². The van der Waals surface area contributed by atoms with Crippen LogP contribution in [-0.4, -0.2) is 23.5 Å². The number of hydrogen-bond acceptors (Lipinski definition) is 6. The highest BCUT2D eigenvalue weighted by Crippen LogP contribution is 2.18. The van der Waals surface area contributed by atoms with E-state index in [1.807, 2.05) is 48.7 Å². The monoisotopic (exact) mass is 364 g/mol. The molecule has 2 aromatic rings. The van der Waals surface area contributed by atoms with Crippen molar-refractivity contribution in [2.75, 3.05) is 11.6 Å². The van der Waals surface area contributed by atoms with Crippen LogP contribution in [0.15, 0.2) is 89.0 Å². The lowest BCUT2D eigenvalue weighted by Crippen LogP contribution is -2.20. The van der Waals surface area contributed by atoms with E-state index in [1.54, 1.807) is 23.9 Å². The molecule has 0 spiro atoms. The number of rotatable bonds is 8. The molecule has 0 aromatic heterocycles. The van der Waals surface area contributed by atoms with E-state index in [-0.39, 0.29) is 11.4 Å². The molecule has 0 unspecified atom stereocenters. The number of ketones is 1. The molecule has 2 aromatic carbocycles. The molecule has 0 radical (unpaired) electrons. The Morgan fingerprint density at radius 3 is 2.62 bits per heavy atom. The fourth-order valence-corrected chi connectivity index (χ4v) is 2.50. The summed E-state index contributed by atoms with van der Waals surface area (Å²) in [5, 5.41) is 11.1. The molecule has 0 saturated carbocycles. The Morgan fingerprint density at radius 2 is 1.92 bits per heavy atom. The van der Waals surface area contributed by atoms with Crippen LogP contribution in [0.25, 0.3) is 0 Å². The van der Waals surface area contributed by atoms with E-state index < -0.39 is 5.78 Å². The van der Waals surface area contributed by atoms with Gasteiger partial charge in [-0.05, 0) is 48.9 Å². The molecule has 0 aliphatic heterocycles. The maximum absolute atomic E-state index is 12.3. The molecule has 26 heavy (non-hydrogen) atoms. The van der Waals surface area contributed by atoms with Crippen LogP contribution < -0.4 is 11.1 Å². The summed E-state index contributed by atoms with van der Waals surface area (Å²) in [5.74, 6) is -0.466. The van der Waals surface area contributed by atoms with Crippen molar-refractivity contribution < 1.29 is 4.79 Å². The Labute approximate surface area is 157 Å². The minimum atomic E-state index is -0.466. The highest BCUT2D eigenvalue weighted by molar-refractivity contribution is 7.98. The minimum Gasteiger partial charge on any atom is -0.405 e. The lowest BCUT2D eigenvalue weighted by atomic mass is 10.1. The predicted molar refractivity (Wildman–Crippen MR) is 111 cm³/mol. The molecule has 0 fully saturated rings. The van der Waals surface area contributed by atoms with Gasteiger partial charge in [0.15, 0.2) is 0 Å². The highest BCUT2D eigenvalue weighted by atomic mass is 32.2. The average Bonchev–Trinajstić information content (AvgIpc) is 2.68. The Bertz CT molecular complexity index is 857. The lowest BCUT2D eigenvalue weighted by molar-refractivity contribution is -0.108. The molecular weight excluding hydrogens is 344 g/mol. The number of para-hydroxylation sites is 1. The second-order valence-electron chi connectivity index (χ2n) is 5.14. The third-order valence-electron chi connectivity index (χ3n) is 3.32. The van der Waals surface area contributed by atoms with Gasteiger partial charge in [0.25, 0.3) is 0 Å². The van der Waals surface area contributed by atoms with Crippen LogP contribution in [0.5, 0.6) is 0 Å². The zero-order chi connectivity index (χ0) is 18.8. The second kappa shape index (κ2) is 10.0. The third kappa shape index (κ3) is 5.75. The van der Waals surface area contributed by atoms with Gasteiger partial charge < -0.3 is 11.1 Å². The smallest absolute Gasteiger partial charge is 0.207 e. The maximum Gasteiger partial charge on any atom is 0.207 e. The number of carbonyl (C=O) groups is 1. The van der Waals surface area contributed by atoms with E-state index in [0.717, 1.165) is 10.6 Å². The van der Waals surface area contributed by atoms with Crippen molar-refractivity contribution >= 4 is 40.3 Å². The number of thioether (sulfide) groups is 1. The summed E-state index contributed by atoms with van der Waals surface area (Å²) < 4.78 is 0. The lowest BCUT2D eigenvalue weighted by Gasteiger charge is -2.03. The van der Waals surface area contributed by atoms with E-state index in [2.05, 4.69) is 10.3 Å². The number of nitrogens with zero attached hydrogens (tertiary/aromatic N) is 1. The largest absolute Gasteiger partial charge is 0.405 e. The fraction of sp³-hybridized carbons (Fsp3) is 0.0500. The molecule has 0 amide bonds. The number of nitrogens with two attached hydrogens (primary N) is 1. The Morgan fingerprint density at radius 1 is 1.15 bits per heavy atom. The Hall–Kier alpha value is -3.12. The quantitative estimate of drug-likeness (QED) is 0.372. The summed E-state index contributed by atoms with van der Waals surface area (Å²) in [4.78, 5) is 17.7. The first kappa shape index (κ1) is 19.2. The van der Waals surface area contributed by atoms with E-state index >= 15 is 0 Å². The first-order chi connectivity index (χ1) is 12.6. The average molecular weight is 364 g/mol. The zero-order valence-electron chi connectivity index (χ0n) is 14.3. The number of carbonyl (C=O) groups excluding carboxylic acids is 1. The van der Waals surface area contributed by atoms with Crippen molar-refractivity contribution in [1.82, 2.24) is 0 Å². The van der Waals surface area contributed by atoms with Crippen LogP contribution in [0.1, 0.15) is 0 Å². The summed E-state index contributed by atoms with van der Waals surface area (Å²) >= 11 is 1.64. The van der Waals surface area contributed by atoms with Gasteiger partial charge in [0.05, 0.1) is 11.4 Å². The number of benzene rings is 2. The number of anilines is 1. The van der Waals surface area contributed by atoms with Gasteiger partial charge >= 0.3 is 0 Å². The van der Waals surface area contributed by atoms with E-state index in [0.29, 0.717) is 5.69 Å². The number of nitrogens with one attached hydrogen (secondary N) is 2. The van der Waals surface area contributed by atoms with Crippen molar-refractivity contribution in [3.63, 3.8) is 0 Å². The normalized spacial score (nSPS) is 11.8. The van der Waals surface area contributed by atoms with Crippen LogP contribution in [0, 0.1) is 5.41 Å². The second-order valence-corrected chi connectivity index (χ2v) is 6.02. The molecule has 0 atom stereocenters. The van der Waals surface area contributed by atoms with Gasteiger partial charge in [-0.2, -0.15) is 0 Å². The molecule has 0 aliphatic carbocycles. The first-order valence-electron chi connectivity index (χ1n) is 7.86. The van der Waals surface area contributed by atoms with Crippen molar-refractivity contribution in [2.45, 2.75) is 4.90 Å². The SMILES string of the molecule is CSc1cccc(N/C=C\C(=O)C(=N)C(C=CN)=Nc2ccccc2)c1. The summed E-state index contributed by atoms with van der Waals surface area (Å²) in [6.45, 7) is 0. The van der Waals surface area contributed by atoms with Crippen molar-refractivity contribution in [1.29, 1.82) is 5.41 Å². The van der Waals surface area contributed by atoms with Gasteiger partial charge in [0.2, 0.25) is 5.78 Å².